The van der Waals surface area contributed by atoms with Crippen LogP contribution in [0.3, 0.4) is 0 Å². The SMILES string of the molecule is Cc1ccsc1CN(Cc1ccccc1)C(=O)CN(C(=O)C(c1ccccc1)c1ccccc1)C1CC1. The molecule has 0 saturated heterocycles. The molecular formula is C32H32N2O2S. The van der Waals surface area contributed by atoms with Gasteiger partial charge >= 0.3 is 0 Å². The van der Waals surface area contributed by atoms with E-state index in [1.807, 2.05) is 101 Å². The fraction of sp³-hybridized carbons (Fsp3) is 0.250. The molecule has 0 N–H and O–H groups in total. The summed E-state index contributed by atoms with van der Waals surface area (Å²) in [5.41, 5.74) is 4.18. The van der Waals surface area contributed by atoms with Gasteiger partial charge < -0.3 is 9.80 Å². The molecule has 0 aliphatic heterocycles. The Labute approximate surface area is 223 Å². The van der Waals surface area contributed by atoms with Crippen molar-refractivity contribution < 1.29 is 9.59 Å². The van der Waals surface area contributed by atoms with Crippen molar-refractivity contribution in [3.05, 3.63) is 130 Å². The number of hydrogen-bond acceptors (Lipinski definition) is 3. The first-order chi connectivity index (χ1) is 18.1. The summed E-state index contributed by atoms with van der Waals surface area (Å²) in [6.45, 7) is 3.24. The molecule has 1 aliphatic rings. The molecule has 5 heteroatoms. The Morgan fingerprint density at radius 2 is 1.38 bits per heavy atom. The van der Waals surface area contributed by atoms with E-state index in [1.54, 1.807) is 11.3 Å². The predicted octanol–water partition coefficient (Wildman–Crippen LogP) is 6.41. The van der Waals surface area contributed by atoms with Crippen LogP contribution in [0.5, 0.6) is 0 Å². The maximum Gasteiger partial charge on any atom is 0.242 e. The Morgan fingerprint density at radius 1 is 0.811 bits per heavy atom. The zero-order chi connectivity index (χ0) is 25.6. The topological polar surface area (TPSA) is 40.6 Å². The van der Waals surface area contributed by atoms with Crippen molar-refractivity contribution in [2.75, 3.05) is 6.54 Å². The third-order valence-electron chi connectivity index (χ3n) is 6.96. The lowest BCUT2D eigenvalue weighted by Crippen LogP contribution is -2.45. The molecule has 1 heterocycles. The molecule has 1 saturated carbocycles. The monoisotopic (exact) mass is 508 g/mol. The Bertz CT molecular complexity index is 1280. The smallest absolute Gasteiger partial charge is 0.242 e. The summed E-state index contributed by atoms with van der Waals surface area (Å²) in [5, 5.41) is 2.07. The van der Waals surface area contributed by atoms with Crippen molar-refractivity contribution in [1.29, 1.82) is 0 Å². The van der Waals surface area contributed by atoms with E-state index in [0.29, 0.717) is 13.1 Å². The van der Waals surface area contributed by atoms with E-state index in [0.717, 1.165) is 29.5 Å². The van der Waals surface area contributed by atoms with Gasteiger partial charge in [0.2, 0.25) is 11.8 Å². The molecule has 2 amide bonds. The minimum atomic E-state index is -0.432. The number of thiophene rings is 1. The molecule has 0 radical (unpaired) electrons. The van der Waals surface area contributed by atoms with Crippen LogP contribution in [0.2, 0.25) is 0 Å². The van der Waals surface area contributed by atoms with Crippen molar-refractivity contribution in [2.24, 2.45) is 0 Å². The number of aryl methyl sites for hydroxylation is 1. The Hall–Kier alpha value is -3.70. The highest BCUT2D eigenvalue weighted by Gasteiger charge is 2.38. The zero-order valence-corrected chi connectivity index (χ0v) is 21.9. The van der Waals surface area contributed by atoms with Gasteiger partial charge in [0.1, 0.15) is 6.54 Å². The predicted molar refractivity (Wildman–Crippen MR) is 149 cm³/mol. The van der Waals surface area contributed by atoms with Crippen LogP contribution in [0.25, 0.3) is 0 Å². The van der Waals surface area contributed by atoms with Crippen molar-refractivity contribution in [3.8, 4) is 0 Å². The number of benzene rings is 3. The zero-order valence-electron chi connectivity index (χ0n) is 21.1. The van der Waals surface area contributed by atoms with Crippen molar-refractivity contribution >= 4 is 23.2 Å². The van der Waals surface area contributed by atoms with Crippen LogP contribution in [-0.4, -0.2) is 34.2 Å². The molecule has 5 rings (SSSR count). The van der Waals surface area contributed by atoms with Crippen LogP contribution in [0, 0.1) is 6.92 Å². The quantitative estimate of drug-likeness (QED) is 0.248. The second-order valence-corrected chi connectivity index (χ2v) is 10.7. The van der Waals surface area contributed by atoms with E-state index in [9.17, 15) is 9.59 Å². The minimum Gasteiger partial charge on any atom is -0.332 e. The Balaban J connectivity index is 1.42. The highest BCUT2D eigenvalue weighted by atomic mass is 32.1. The molecule has 3 aromatic carbocycles. The van der Waals surface area contributed by atoms with Gasteiger partial charge in [-0.1, -0.05) is 91.0 Å². The number of carbonyl (C=O) groups is 2. The van der Waals surface area contributed by atoms with Crippen molar-refractivity contribution in [1.82, 2.24) is 9.80 Å². The number of carbonyl (C=O) groups excluding carboxylic acids is 2. The van der Waals surface area contributed by atoms with E-state index in [-0.39, 0.29) is 24.4 Å². The average molecular weight is 509 g/mol. The molecule has 188 valence electrons. The van der Waals surface area contributed by atoms with Gasteiger partial charge in [0.15, 0.2) is 0 Å². The highest BCUT2D eigenvalue weighted by molar-refractivity contribution is 7.10. The molecule has 1 fully saturated rings. The third-order valence-corrected chi connectivity index (χ3v) is 7.97. The molecule has 4 nitrogen and oxygen atoms in total. The largest absolute Gasteiger partial charge is 0.332 e. The Morgan fingerprint density at radius 3 is 1.89 bits per heavy atom. The maximum atomic E-state index is 14.2. The molecule has 0 atom stereocenters. The van der Waals surface area contributed by atoms with Crippen LogP contribution < -0.4 is 0 Å². The van der Waals surface area contributed by atoms with Crippen molar-refractivity contribution in [3.63, 3.8) is 0 Å². The summed E-state index contributed by atoms with van der Waals surface area (Å²) < 4.78 is 0. The van der Waals surface area contributed by atoms with Crippen molar-refractivity contribution in [2.45, 2.75) is 44.8 Å². The summed E-state index contributed by atoms with van der Waals surface area (Å²) in [7, 11) is 0. The van der Waals surface area contributed by atoms with Gasteiger partial charge in [-0.2, -0.15) is 0 Å². The third kappa shape index (κ3) is 6.17. The number of rotatable bonds is 10. The lowest BCUT2D eigenvalue weighted by Gasteiger charge is -2.31. The van der Waals surface area contributed by atoms with Gasteiger partial charge in [0, 0.05) is 17.5 Å². The second-order valence-electron chi connectivity index (χ2n) is 9.71. The lowest BCUT2D eigenvalue weighted by molar-refractivity contribution is -0.142. The average Bonchev–Trinajstić information content (AvgIpc) is 3.70. The minimum absolute atomic E-state index is 0.000199. The van der Waals surface area contributed by atoms with Crippen LogP contribution >= 0.6 is 11.3 Å². The van der Waals surface area contributed by atoms with Crippen LogP contribution in [0.15, 0.2) is 102 Å². The van der Waals surface area contributed by atoms with Crippen LogP contribution in [-0.2, 0) is 22.7 Å². The van der Waals surface area contributed by atoms with E-state index in [4.69, 9.17) is 0 Å². The summed E-state index contributed by atoms with van der Waals surface area (Å²) in [6, 6.07) is 32.1. The first-order valence-corrected chi connectivity index (χ1v) is 13.7. The first kappa shape index (κ1) is 25.0. The van der Waals surface area contributed by atoms with Crippen LogP contribution in [0.4, 0.5) is 0 Å². The van der Waals surface area contributed by atoms with Gasteiger partial charge in [-0.25, -0.2) is 0 Å². The van der Waals surface area contributed by atoms with Gasteiger partial charge in [-0.15, -0.1) is 11.3 Å². The Kier molecular flexibility index (Phi) is 7.81. The number of hydrogen-bond donors (Lipinski definition) is 0. The molecule has 0 spiro atoms. The van der Waals surface area contributed by atoms with Gasteiger partial charge in [-0.05, 0) is 53.5 Å². The van der Waals surface area contributed by atoms with Gasteiger partial charge in [0.05, 0.1) is 12.5 Å². The van der Waals surface area contributed by atoms with Gasteiger partial charge in [0.25, 0.3) is 0 Å². The lowest BCUT2D eigenvalue weighted by atomic mass is 9.90. The molecule has 37 heavy (non-hydrogen) atoms. The summed E-state index contributed by atoms with van der Waals surface area (Å²) >= 11 is 1.67. The van der Waals surface area contributed by atoms with E-state index in [1.165, 1.54) is 10.4 Å². The molecule has 4 aromatic rings. The fourth-order valence-corrected chi connectivity index (χ4v) is 5.65. The van der Waals surface area contributed by atoms with Crippen LogP contribution in [0.1, 0.15) is 45.9 Å². The number of nitrogens with zero attached hydrogens (tertiary/aromatic N) is 2. The first-order valence-electron chi connectivity index (χ1n) is 12.8. The second kappa shape index (κ2) is 11.6. The maximum absolute atomic E-state index is 14.2. The molecule has 1 aliphatic carbocycles. The molecule has 0 unspecified atom stereocenters. The summed E-state index contributed by atoms with van der Waals surface area (Å²) in [5.74, 6) is -0.449. The molecular weight excluding hydrogens is 476 g/mol. The number of amides is 2. The summed E-state index contributed by atoms with van der Waals surface area (Å²) in [4.78, 5) is 33.0. The highest BCUT2D eigenvalue weighted by Crippen LogP contribution is 2.33. The standard InChI is InChI=1S/C32H32N2O2S/c1-24-19-20-37-29(24)22-33(21-25-11-5-2-6-12-25)30(35)23-34(28-17-18-28)32(36)31(26-13-7-3-8-14-26)27-15-9-4-10-16-27/h2-16,19-20,28,31H,17-18,21-23H2,1H3. The molecule has 1 aromatic heterocycles. The van der Waals surface area contributed by atoms with Gasteiger partial charge in [-0.3, -0.25) is 9.59 Å². The van der Waals surface area contributed by atoms with E-state index >= 15 is 0 Å². The van der Waals surface area contributed by atoms with E-state index in [2.05, 4.69) is 18.4 Å². The normalized spacial score (nSPS) is 12.9. The van der Waals surface area contributed by atoms with E-state index < -0.39 is 5.92 Å². The summed E-state index contributed by atoms with van der Waals surface area (Å²) in [6.07, 6.45) is 1.88. The fourth-order valence-electron chi connectivity index (χ4n) is 4.73. The molecule has 0 bridgehead atoms.